The van der Waals surface area contributed by atoms with Gasteiger partial charge in [-0.2, -0.15) is 9.83 Å². The number of hydrogen-bond donors (Lipinski definition) is 0. The van der Waals surface area contributed by atoms with Crippen molar-refractivity contribution in [3.8, 4) is 6.07 Å². The zero-order valence-electron chi connectivity index (χ0n) is 28.3. The normalized spacial score (nSPS) is 11.4. The van der Waals surface area contributed by atoms with E-state index in [1.54, 1.807) is 12.4 Å². The molecule has 0 saturated heterocycles. The number of benzene rings is 5. The number of nitrogens with zero attached hydrogens (tertiary/aromatic N) is 3. The number of halogens is 20. The number of aromatic nitrogens is 2. The van der Waals surface area contributed by atoms with Crippen LogP contribution in [0.25, 0.3) is 0 Å². The second-order valence-electron chi connectivity index (χ2n) is 12.0. The molecule has 6 rings (SSSR count). The first-order valence-electron chi connectivity index (χ1n) is 15.6. The minimum absolute atomic E-state index is 0.438. The summed E-state index contributed by atoms with van der Waals surface area (Å²) in [6.45, 7) is 0.762. The van der Waals surface area contributed by atoms with Crippen LogP contribution in [0.15, 0.2) is 48.9 Å². The van der Waals surface area contributed by atoms with Gasteiger partial charge in [0.25, 0.3) is 0 Å². The van der Waals surface area contributed by atoms with Gasteiger partial charge in [-0.1, -0.05) is 30.3 Å². The molecule has 312 valence electrons. The Morgan fingerprint density at radius 1 is 0.417 bits per heavy atom. The quantitative estimate of drug-likeness (QED) is 0.0588. The molecule has 0 atom stereocenters. The average Bonchev–Trinajstić information content (AvgIpc) is 3.24. The van der Waals surface area contributed by atoms with Crippen LogP contribution in [0, 0.1) is 128 Å². The minimum atomic E-state index is -7.22. The molecular weight excluding hydrogens is 865 g/mol. The van der Waals surface area contributed by atoms with Crippen molar-refractivity contribution in [1.29, 1.82) is 5.26 Å². The molecule has 0 radical (unpaired) electrons. The van der Waals surface area contributed by atoms with Crippen molar-refractivity contribution in [2.45, 2.75) is 6.54 Å². The first-order valence-corrected chi connectivity index (χ1v) is 15.6. The highest BCUT2D eigenvalue weighted by atomic mass is 19.2. The lowest BCUT2D eigenvalue weighted by atomic mass is 9.12. The number of rotatable bonds is 6. The second kappa shape index (κ2) is 16.5. The van der Waals surface area contributed by atoms with Crippen LogP contribution in [-0.4, -0.2) is 11.1 Å². The first-order chi connectivity index (χ1) is 28.1. The Kier molecular flexibility index (Phi) is 12.2. The molecule has 0 spiro atoms. The van der Waals surface area contributed by atoms with Gasteiger partial charge in [-0.3, -0.25) is 0 Å². The molecule has 0 aliphatic carbocycles. The summed E-state index contributed by atoms with van der Waals surface area (Å²) in [5.74, 6) is -71.4. The molecule has 6 aromatic rings. The van der Waals surface area contributed by atoms with Crippen molar-refractivity contribution in [3.63, 3.8) is 0 Å². The van der Waals surface area contributed by atoms with Gasteiger partial charge in [-0.25, -0.2) is 92.8 Å². The van der Waals surface area contributed by atoms with Crippen LogP contribution >= 0.6 is 0 Å². The predicted octanol–water partition coefficient (Wildman–Crippen LogP) is 7.14. The SMILES string of the molecule is Fc1c(F)c(F)c([B-](c2c(F)c(F)c(F)c(F)c2F)(c2c(F)c(F)c(F)c(F)c2F)c2c(F)c(F)c(F)c(F)c2F)c(F)c1F.N#Cc1c[n+](Cc2ccccc2)ccn1. The molecule has 0 amide bonds. The van der Waals surface area contributed by atoms with Crippen LogP contribution in [0.1, 0.15) is 11.3 Å². The summed E-state index contributed by atoms with van der Waals surface area (Å²) >= 11 is 0. The van der Waals surface area contributed by atoms with Crippen LogP contribution in [0.5, 0.6) is 0 Å². The molecule has 0 aliphatic rings. The zero-order chi connectivity index (χ0) is 44.9. The van der Waals surface area contributed by atoms with E-state index in [0.717, 1.165) is 6.54 Å². The average molecular weight is 875 g/mol. The standard InChI is InChI=1S/C24BF20.C12H10N3/c26-5-1(6(27)14(35)21(42)13(5)34)25(2-7(28)15(36)22(43)16(37)8(2)29,3-9(30)17(38)23(44)18(39)10(3)31)4-11(32)19(40)24(45)20(41)12(4)33;13-8-12-10-15(7-6-14-12)9-11-4-2-1-3-5-11/h;1-7,10H,9H2/q-1;+1. The summed E-state index contributed by atoms with van der Waals surface area (Å²) in [5, 5.41) is 8.70. The van der Waals surface area contributed by atoms with E-state index in [-0.39, 0.29) is 0 Å². The molecule has 60 heavy (non-hydrogen) atoms. The summed E-state index contributed by atoms with van der Waals surface area (Å²) in [4.78, 5) is 3.92. The maximum absolute atomic E-state index is 15.4. The summed E-state index contributed by atoms with van der Waals surface area (Å²) in [7, 11) is 0. The van der Waals surface area contributed by atoms with Crippen LogP contribution in [0.2, 0.25) is 0 Å². The largest absolute Gasteiger partial charge is 0.234 e. The molecule has 1 aromatic heterocycles. The van der Waals surface area contributed by atoms with Crippen LogP contribution in [-0.2, 0) is 6.54 Å². The Labute approximate surface area is 319 Å². The van der Waals surface area contributed by atoms with E-state index < -0.39 is 144 Å². The van der Waals surface area contributed by atoms with E-state index in [4.69, 9.17) is 5.26 Å². The first kappa shape index (κ1) is 44.4. The van der Waals surface area contributed by atoms with Gasteiger partial charge in [0.15, 0.2) is 82.5 Å². The lowest BCUT2D eigenvalue weighted by molar-refractivity contribution is -0.689. The molecule has 1 heterocycles. The van der Waals surface area contributed by atoms with Gasteiger partial charge in [-0.15, -0.1) is 21.9 Å². The van der Waals surface area contributed by atoms with Gasteiger partial charge in [0, 0.05) is 5.56 Å². The van der Waals surface area contributed by atoms with Gasteiger partial charge in [0.1, 0.15) is 58.8 Å². The van der Waals surface area contributed by atoms with E-state index in [2.05, 4.69) is 17.1 Å². The van der Waals surface area contributed by atoms with Crippen molar-refractivity contribution in [3.05, 3.63) is 177 Å². The van der Waals surface area contributed by atoms with Crippen LogP contribution in [0.3, 0.4) is 0 Å². The molecule has 24 heteroatoms. The molecule has 0 unspecified atom stereocenters. The lowest BCUT2D eigenvalue weighted by Gasteiger charge is -2.44. The maximum Gasteiger partial charge on any atom is 0.205 e. The molecule has 3 nitrogen and oxygen atoms in total. The third-order valence-electron chi connectivity index (χ3n) is 8.79. The number of nitriles is 1. The molecular formula is C36H10BF20N3. The van der Waals surface area contributed by atoms with E-state index in [0.29, 0.717) is 5.69 Å². The minimum Gasteiger partial charge on any atom is -0.234 e. The molecule has 5 aromatic carbocycles. The summed E-state index contributed by atoms with van der Waals surface area (Å²) in [6, 6.07) is 12.1. The Bertz CT molecular complexity index is 2380. The topological polar surface area (TPSA) is 40.6 Å². The lowest BCUT2D eigenvalue weighted by Crippen LogP contribution is -2.81. The van der Waals surface area contributed by atoms with Crippen LogP contribution < -0.4 is 26.4 Å². The molecule has 0 aliphatic heterocycles. The van der Waals surface area contributed by atoms with Crippen molar-refractivity contribution in [1.82, 2.24) is 4.98 Å². The monoisotopic (exact) mass is 875 g/mol. The highest BCUT2D eigenvalue weighted by Crippen LogP contribution is 2.30. The van der Waals surface area contributed by atoms with Crippen molar-refractivity contribution in [2.24, 2.45) is 0 Å². The third-order valence-corrected chi connectivity index (χ3v) is 8.79. The summed E-state index contributed by atoms with van der Waals surface area (Å²) in [5.41, 5.74) is -12.7. The van der Waals surface area contributed by atoms with Crippen molar-refractivity contribution < 1.29 is 92.4 Å². The Morgan fingerprint density at radius 3 is 0.950 bits per heavy atom. The Balaban J connectivity index is 0.000000379. The molecule has 0 N–H and O–H groups in total. The fraction of sp³-hybridized carbons (Fsp3) is 0.0278. The van der Waals surface area contributed by atoms with E-state index in [9.17, 15) is 52.7 Å². The van der Waals surface area contributed by atoms with E-state index in [1.165, 1.54) is 5.56 Å². The van der Waals surface area contributed by atoms with Gasteiger partial charge >= 0.3 is 0 Å². The van der Waals surface area contributed by atoms with E-state index in [1.807, 2.05) is 35.0 Å². The molecule has 0 fully saturated rings. The predicted molar refractivity (Wildman–Crippen MR) is 164 cm³/mol. The van der Waals surface area contributed by atoms with Crippen molar-refractivity contribution >= 4 is 28.0 Å². The summed E-state index contributed by atoms with van der Waals surface area (Å²) in [6.07, 6.45) is -1.98. The van der Waals surface area contributed by atoms with E-state index >= 15 is 35.1 Å². The second-order valence-corrected chi connectivity index (χ2v) is 12.0. The van der Waals surface area contributed by atoms with Gasteiger partial charge < -0.3 is 0 Å². The Hall–Kier alpha value is -6.67. The molecule has 0 saturated carbocycles. The van der Waals surface area contributed by atoms with Crippen molar-refractivity contribution in [2.75, 3.05) is 0 Å². The van der Waals surface area contributed by atoms with Gasteiger partial charge in [-0.05, 0) is 0 Å². The zero-order valence-corrected chi connectivity index (χ0v) is 28.3. The fourth-order valence-corrected chi connectivity index (χ4v) is 6.26. The molecule has 0 bridgehead atoms. The third kappa shape index (κ3) is 6.90. The maximum atomic E-state index is 15.4. The summed E-state index contributed by atoms with van der Waals surface area (Å²) < 4.78 is 296. The number of hydrogen-bond acceptors (Lipinski definition) is 2. The van der Waals surface area contributed by atoms with Gasteiger partial charge in [0.05, 0.1) is 6.20 Å². The highest BCUT2D eigenvalue weighted by molar-refractivity contribution is 7.20. The Morgan fingerprint density at radius 2 is 0.683 bits per heavy atom. The highest BCUT2D eigenvalue weighted by Gasteiger charge is 2.52. The van der Waals surface area contributed by atoms with Crippen LogP contribution in [0.4, 0.5) is 87.8 Å². The smallest absolute Gasteiger partial charge is 0.205 e. The van der Waals surface area contributed by atoms with Gasteiger partial charge in [0.2, 0.25) is 11.9 Å². The fourth-order valence-electron chi connectivity index (χ4n) is 6.26.